The van der Waals surface area contributed by atoms with Crippen LogP contribution in [0.25, 0.3) is 0 Å². The molecule has 0 rings (SSSR count). The first kappa shape index (κ1) is 10.1. The van der Waals surface area contributed by atoms with Gasteiger partial charge in [0.2, 0.25) is 0 Å². The quantitative estimate of drug-likeness (QED) is 0.662. The largest absolute Gasteiger partial charge is 0.316 e. The molecule has 0 aliphatic carbocycles. The summed E-state index contributed by atoms with van der Waals surface area (Å²) < 4.78 is 11.0. The van der Waals surface area contributed by atoms with Gasteiger partial charge in [0.1, 0.15) is 0 Å². The Kier molecular flexibility index (Phi) is 4.91. The summed E-state index contributed by atoms with van der Waals surface area (Å²) >= 11 is 0. The first-order valence-electron chi connectivity index (χ1n) is 3.63. The molecule has 0 saturated heterocycles. The maximum Gasteiger partial charge on any atom is 0.0470 e. The van der Waals surface area contributed by atoms with Crippen molar-refractivity contribution in [2.75, 3.05) is 13.3 Å². The lowest BCUT2D eigenvalue weighted by Crippen LogP contribution is -2.37. The van der Waals surface area contributed by atoms with Crippen LogP contribution in [0.1, 0.15) is 20.3 Å². The molecule has 62 valence electrons. The van der Waals surface area contributed by atoms with Gasteiger partial charge in [0, 0.05) is 28.3 Å². The van der Waals surface area contributed by atoms with E-state index < -0.39 is 10.8 Å². The van der Waals surface area contributed by atoms with Crippen LogP contribution in [0.3, 0.4) is 0 Å². The highest BCUT2D eigenvalue weighted by Gasteiger charge is 2.15. The molecule has 3 unspecified atom stereocenters. The van der Waals surface area contributed by atoms with Crippen LogP contribution >= 0.6 is 0 Å². The Labute approximate surface area is 65.9 Å². The lowest BCUT2D eigenvalue weighted by molar-refractivity contribution is 0.530. The molecule has 0 aromatic heterocycles. The lowest BCUT2D eigenvalue weighted by Gasteiger charge is -2.19. The van der Waals surface area contributed by atoms with Gasteiger partial charge in [0.15, 0.2) is 0 Å². The summed E-state index contributed by atoms with van der Waals surface area (Å²) in [5.41, 5.74) is 0. The van der Waals surface area contributed by atoms with Gasteiger partial charge in [-0.2, -0.15) is 0 Å². The number of hydrogen-bond acceptors (Lipinski definition) is 2. The molecule has 0 aliphatic heterocycles. The highest BCUT2D eigenvalue weighted by atomic mass is 32.2. The Bertz CT molecular complexity index is 112. The van der Waals surface area contributed by atoms with E-state index >= 15 is 0 Å². The molecule has 3 atom stereocenters. The van der Waals surface area contributed by atoms with E-state index in [1.54, 1.807) is 6.26 Å². The van der Waals surface area contributed by atoms with Crippen molar-refractivity contribution in [1.29, 1.82) is 0 Å². The van der Waals surface area contributed by atoms with E-state index in [2.05, 4.69) is 12.2 Å². The molecule has 0 aliphatic rings. The summed E-state index contributed by atoms with van der Waals surface area (Å²) in [6.07, 6.45) is 2.79. The van der Waals surface area contributed by atoms with Crippen molar-refractivity contribution >= 4 is 10.8 Å². The highest BCUT2D eigenvalue weighted by molar-refractivity contribution is 7.84. The Morgan fingerprint density at radius 1 is 1.60 bits per heavy atom. The third-order valence-corrected chi connectivity index (χ3v) is 3.28. The maximum atomic E-state index is 11.0. The van der Waals surface area contributed by atoms with Gasteiger partial charge in [-0.25, -0.2) is 0 Å². The Morgan fingerprint density at radius 3 is 2.20 bits per heavy atom. The molecule has 0 spiro atoms. The van der Waals surface area contributed by atoms with Crippen molar-refractivity contribution < 1.29 is 4.21 Å². The predicted molar refractivity (Wildman–Crippen MR) is 46.7 cm³/mol. The number of rotatable bonds is 4. The van der Waals surface area contributed by atoms with Gasteiger partial charge < -0.3 is 5.32 Å². The molecular weight excluding hydrogens is 146 g/mol. The van der Waals surface area contributed by atoms with E-state index in [0.717, 1.165) is 6.42 Å². The molecule has 0 saturated carbocycles. The van der Waals surface area contributed by atoms with E-state index in [0.29, 0.717) is 6.04 Å². The zero-order valence-corrected chi connectivity index (χ0v) is 7.99. The topological polar surface area (TPSA) is 29.1 Å². The van der Waals surface area contributed by atoms with Gasteiger partial charge in [-0.3, -0.25) is 4.21 Å². The van der Waals surface area contributed by atoms with Crippen LogP contribution in [0, 0.1) is 0 Å². The fourth-order valence-electron chi connectivity index (χ4n) is 1.00. The average Bonchev–Trinajstić information content (AvgIpc) is 1.90. The Balaban J connectivity index is 3.88. The molecule has 0 heterocycles. The molecule has 0 radical (unpaired) electrons. The SMILES string of the molecule is CCC(NC)C(C)S(C)=O. The molecule has 2 nitrogen and oxygen atoms in total. The predicted octanol–water partition coefficient (Wildman–Crippen LogP) is 0.751. The van der Waals surface area contributed by atoms with Crippen LogP contribution in [0.15, 0.2) is 0 Å². The standard InChI is InChI=1S/C7H17NOS/c1-5-7(8-3)6(2)10(4)9/h6-8H,5H2,1-4H3. The molecule has 0 aromatic carbocycles. The second-order valence-corrected chi connectivity index (χ2v) is 4.25. The molecule has 10 heavy (non-hydrogen) atoms. The Hall–Kier alpha value is 0.110. The Morgan fingerprint density at radius 2 is 2.10 bits per heavy atom. The van der Waals surface area contributed by atoms with E-state index in [1.165, 1.54) is 0 Å². The fraction of sp³-hybridized carbons (Fsp3) is 1.00. The summed E-state index contributed by atoms with van der Waals surface area (Å²) in [4.78, 5) is 0. The average molecular weight is 163 g/mol. The van der Waals surface area contributed by atoms with E-state index in [4.69, 9.17) is 0 Å². The third kappa shape index (κ3) is 2.80. The summed E-state index contributed by atoms with van der Waals surface area (Å²) in [7, 11) is 1.21. The smallest absolute Gasteiger partial charge is 0.0470 e. The number of nitrogens with one attached hydrogen (secondary N) is 1. The molecule has 0 fully saturated rings. The van der Waals surface area contributed by atoms with Gasteiger partial charge in [0.25, 0.3) is 0 Å². The zero-order chi connectivity index (χ0) is 8.15. The first-order chi connectivity index (χ1) is 4.63. The maximum absolute atomic E-state index is 11.0. The van der Waals surface area contributed by atoms with Crippen LogP contribution in [-0.4, -0.2) is 28.8 Å². The van der Waals surface area contributed by atoms with Crippen LogP contribution in [0.2, 0.25) is 0 Å². The fourth-order valence-corrected chi connectivity index (χ4v) is 1.79. The second-order valence-electron chi connectivity index (χ2n) is 2.51. The van der Waals surface area contributed by atoms with Crippen LogP contribution in [0.4, 0.5) is 0 Å². The summed E-state index contributed by atoms with van der Waals surface area (Å²) in [6, 6.07) is 0.394. The van der Waals surface area contributed by atoms with Crippen molar-refractivity contribution in [2.24, 2.45) is 0 Å². The molecule has 0 aromatic rings. The molecule has 0 amide bonds. The molecule has 3 heteroatoms. The van der Waals surface area contributed by atoms with Crippen molar-refractivity contribution in [3.63, 3.8) is 0 Å². The van der Waals surface area contributed by atoms with Crippen molar-refractivity contribution in [2.45, 2.75) is 31.6 Å². The van der Waals surface area contributed by atoms with Gasteiger partial charge in [-0.1, -0.05) is 6.92 Å². The van der Waals surface area contributed by atoms with E-state index in [-0.39, 0.29) is 5.25 Å². The first-order valence-corrected chi connectivity index (χ1v) is 5.25. The zero-order valence-electron chi connectivity index (χ0n) is 7.18. The van der Waals surface area contributed by atoms with E-state index in [1.807, 2.05) is 14.0 Å². The van der Waals surface area contributed by atoms with Crippen molar-refractivity contribution in [3.8, 4) is 0 Å². The van der Waals surface area contributed by atoms with Crippen LogP contribution in [0.5, 0.6) is 0 Å². The molecular formula is C7H17NOS. The van der Waals surface area contributed by atoms with Gasteiger partial charge in [0.05, 0.1) is 0 Å². The minimum Gasteiger partial charge on any atom is -0.316 e. The summed E-state index contributed by atoms with van der Waals surface area (Å²) in [5, 5.41) is 3.40. The van der Waals surface area contributed by atoms with Crippen LogP contribution in [-0.2, 0) is 10.8 Å². The van der Waals surface area contributed by atoms with Crippen molar-refractivity contribution in [3.05, 3.63) is 0 Å². The number of hydrogen-bond donors (Lipinski definition) is 1. The monoisotopic (exact) mass is 163 g/mol. The van der Waals surface area contributed by atoms with E-state index in [9.17, 15) is 4.21 Å². The van der Waals surface area contributed by atoms with Gasteiger partial charge >= 0.3 is 0 Å². The van der Waals surface area contributed by atoms with Crippen molar-refractivity contribution in [1.82, 2.24) is 5.32 Å². The summed E-state index contributed by atoms with van der Waals surface area (Å²) in [6.45, 7) is 4.12. The highest BCUT2D eigenvalue weighted by Crippen LogP contribution is 2.03. The minimum absolute atomic E-state index is 0.259. The van der Waals surface area contributed by atoms with Gasteiger partial charge in [-0.05, 0) is 20.4 Å². The minimum atomic E-state index is -0.703. The molecule has 0 bridgehead atoms. The molecule has 1 N–H and O–H groups in total. The lowest BCUT2D eigenvalue weighted by atomic mass is 10.2. The van der Waals surface area contributed by atoms with Crippen LogP contribution < -0.4 is 5.32 Å². The normalized spacial score (nSPS) is 20.0. The third-order valence-electron chi connectivity index (χ3n) is 1.90. The van der Waals surface area contributed by atoms with Gasteiger partial charge in [-0.15, -0.1) is 0 Å². The second kappa shape index (κ2) is 4.85. The summed E-state index contributed by atoms with van der Waals surface area (Å²) in [5.74, 6) is 0.